The van der Waals surface area contributed by atoms with Crippen molar-refractivity contribution in [3.8, 4) is 5.75 Å². The number of piperidine rings is 1. The number of carbonyl (C=O) groups is 1. The van der Waals surface area contributed by atoms with Gasteiger partial charge in [0.1, 0.15) is 5.75 Å². The average Bonchev–Trinajstić information content (AvgIpc) is 2.46. The number of benzene rings is 1. The van der Waals surface area contributed by atoms with Crippen LogP contribution in [0.2, 0.25) is 0 Å². The summed E-state index contributed by atoms with van der Waals surface area (Å²) < 4.78 is 5.27. The zero-order chi connectivity index (χ0) is 16.2. The Bertz CT molecular complexity index is 500. The molecule has 0 bridgehead atoms. The molecule has 1 aromatic rings. The summed E-state index contributed by atoms with van der Waals surface area (Å²) in [6, 6.07) is 8.20. The molecule has 1 N–H and O–H groups in total. The Hall–Kier alpha value is -1.55. The van der Waals surface area contributed by atoms with Crippen LogP contribution in [-0.4, -0.2) is 36.5 Å². The van der Waals surface area contributed by atoms with Crippen LogP contribution < -0.4 is 10.1 Å². The van der Waals surface area contributed by atoms with Crippen molar-refractivity contribution in [2.75, 3.05) is 20.2 Å². The van der Waals surface area contributed by atoms with Gasteiger partial charge in [0.25, 0.3) is 0 Å². The van der Waals surface area contributed by atoms with Gasteiger partial charge in [-0.3, -0.25) is 9.69 Å². The Kier molecular flexibility index (Phi) is 5.46. The highest BCUT2D eigenvalue weighted by Crippen LogP contribution is 2.21. The van der Waals surface area contributed by atoms with Gasteiger partial charge < -0.3 is 10.1 Å². The largest absolute Gasteiger partial charge is 0.497 e. The molecule has 2 rings (SSSR count). The van der Waals surface area contributed by atoms with Gasteiger partial charge in [-0.25, -0.2) is 0 Å². The molecule has 0 saturated carbocycles. The lowest BCUT2D eigenvalue weighted by Crippen LogP contribution is -2.46. The van der Waals surface area contributed by atoms with E-state index in [9.17, 15) is 4.79 Å². The molecule has 1 aliphatic heterocycles. The van der Waals surface area contributed by atoms with Crippen LogP contribution in [0, 0.1) is 5.92 Å². The zero-order valence-electron chi connectivity index (χ0n) is 14.2. The number of amides is 1. The summed E-state index contributed by atoms with van der Waals surface area (Å²) in [5, 5.41) is 3.09. The number of ether oxygens (including phenoxy) is 1. The molecule has 1 aromatic carbocycles. The molecule has 0 aromatic heterocycles. The molecule has 1 saturated heterocycles. The fourth-order valence-corrected chi connectivity index (χ4v) is 2.85. The third-order valence-corrected chi connectivity index (χ3v) is 4.00. The summed E-state index contributed by atoms with van der Waals surface area (Å²) in [5.41, 5.74) is 1.12. The molecule has 1 amide bonds. The minimum Gasteiger partial charge on any atom is -0.497 e. The van der Waals surface area contributed by atoms with E-state index in [-0.39, 0.29) is 17.4 Å². The van der Waals surface area contributed by atoms with Crippen molar-refractivity contribution in [3.05, 3.63) is 29.8 Å². The van der Waals surface area contributed by atoms with Crippen LogP contribution in [0.25, 0.3) is 0 Å². The maximum atomic E-state index is 12.2. The van der Waals surface area contributed by atoms with Crippen LogP contribution in [0.4, 0.5) is 0 Å². The molecule has 0 spiro atoms. The second-order valence-electron chi connectivity index (χ2n) is 7.14. The van der Waals surface area contributed by atoms with E-state index < -0.39 is 0 Å². The average molecular weight is 304 g/mol. The first-order valence-electron chi connectivity index (χ1n) is 8.05. The molecule has 4 heteroatoms. The van der Waals surface area contributed by atoms with E-state index in [0.29, 0.717) is 0 Å². The zero-order valence-corrected chi connectivity index (χ0v) is 14.2. The first kappa shape index (κ1) is 16.8. The molecule has 0 atom stereocenters. The highest BCUT2D eigenvalue weighted by atomic mass is 16.5. The first-order chi connectivity index (χ1) is 10.4. The molecule has 1 aliphatic rings. The molecule has 0 unspecified atom stereocenters. The second kappa shape index (κ2) is 7.14. The van der Waals surface area contributed by atoms with E-state index in [1.54, 1.807) is 7.11 Å². The molecule has 1 heterocycles. The lowest BCUT2D eigenvalue weighted by Gasteiger charge is -2.33. The predicted molar refractivity (Wildman–Crippen MR) is 88.9 cm³/mol. The van der Waals surface area contributed by atoms with Crippen molar-refractivity contribution in [1.29, 1.82) is 0 Å². The number of hydrogen-bond donors (Lipinski definition) is 1. The Morgan fingerprint density at radius 1 is 1.32 bits per heavy atom. The Morgan fingerprint density at radius 2 is 2.00 bits per heavy atom. The summed E-state index contributed by atoms with van der Waals surface area (Å²) in [4.78, 5) is 14.6. The monoisotopic (exact) mass is 304 g/mol. The lowest BCUT2D eigenvalue weighted by molar-refractivity contribution is -0.127. The van der Waals surface area contributed by atoms with Gasteiger partial charge in [0.15, 0.2) is 0 Å². The van der Waals surface area contributed by atoms with Crippen molar-refractivity contribution < 1.29 is 9.53 Å². The van der Waals surface area contributed by atoms with Crippen LogP contribution in [0.5, 0.6) is 5.75 Å². The van der Waals surface area contributed by atoms with Crippen molar-refractivity contribution in [2.45, 2.75) is 45.7 Å². The molecule has 1 fully saturated rings. The number of nitrogens with one attached hydrogen (secondary N) is 1. The van der Waals surface area contributed by atoms with Gasteiger partial charge in [-0.05, 0) is 64.4 Å². The fourth-order valence-electron chi connectivity index (χ4n) is 2.85. The van der Waals surface area contributed by atoms with Gasteiger partial charge >= 0.3 is 0 Å². The number of rotatable bonds is 4. The van der Waals surface area contributed by atoms with Crippen molar-refractivity contribution in [2.24, 2.45) is 5.92 Å². The van der Waals surface area contributed by atoms with Crippen LogP contribution in [-0.2, 0) is 11.3 Å². The second-order valence-corrected chi connectivity index (χ2v) is 7.14. The molecule has 0 radical (unpaired) electrons. The summed E-state index contributed by atoms with van der Waals surface area (Å²) in [7, 11) is 1.69. The van der Waals surface area contributed by atoms with Crippen LogP contribution in [0.15, 0.2) is 24.3 Å². The topological polar surface area (TPSA) is 41.6 Å². The maximum absolute atomic E-state index is 12.2. The Labute approximate surface area is 133 Å². The Balaban J connectivity index is 1.83. The van der Waals surface area contributed by atoms with E-state index in [2.05, 4.69) is 22.3 Å². The molecule has 4 nitrogen and oxygen atoms in total. The summed E-state index contributed by atoms with van der Waals surface area (Å²) in [6.07, 6.45) is 1.87. The van der Waals surface area contributed by atoms with Gasteiger partial charge in [0.05, 0.1) is 7.11 Å². The fraction of sp³-hybridized carbons (Fsp3) is 0.611. The molecular formula is C18H28N2O2. The molecule has 122 valence electrons. The standard InChI is InChI=1S/C18H28N2O2/c1-18(2,3)19-17(21)15-8-10-20(11-9-15)13-14-6-5-7-16(12-14)22-4/h5-7,12,15H,8-11,13H2,1-4H3,(H,19,21). The van der Waals surface area contributed by atoms with Crippen molar-refractivity contribution in [3.63, 3.8) is 0 Å². The number of carbonyl (C=O) groups excluding carboxylic acids is 1. The minimum absolute atomic E-state index is 0.144. The summed E-state index contributed by atoms with van der Waals surface area (Å²) in [5.74, 6) is 1.26. The van der Waals surface area contributed by atoms with Crippen LogP contribution >= 0.6 is 0 Å². The third-order valence-electron chi connectivity index (χ3n) is 4.00. The predicted octanol–water partition coefficient (Wildman–Crippen LogP) is 2.82. The van der Waals surface area contributed by atoms with Gasteiger partial charge in [0, 0.05) is 18.0 Å². The number of hydrogen-bond acceptors (Lipinski definition) is 3. The minimum atomic E-state index is -0.144. The van der Waals surface area contributed by atoms with Crippen LogP contribution in [0.1, 0.15) is 39.2 Å². The van der Waals surface area contributed by atoms with Gasteiger partial charge in [-0.1, -0.05) is 12.1 Å². The van der Waals surface area contributed by atoms with E-state index in [4.69, 9.17) is 4.74 Å². The van der Waals surface area contributed by atoms with E-state index >= 15 is 0 Å². The maximum Gasteiger partial charge on any atom is 0.223 e. The van der Waals surface area contributed by atoms with Gasteiger partial charge in [-0.2, -0.15) is 0 Å². The molecule has 0 aliphatic carbocycles. The van der Waals surface area contributed by atoms with Crippen LogP contribution in [0.3, 0.4) is 0 Å². The highest BCUT2D eigenvalue weighted by molar-refractivity contribution is 5.79. The van der Waals surface area contributed by atoms with Gasteiger partial charge in [-0.15, -0.1) is 0 Å². The Morgan fingerprint density at radius 3 is 2.59 bits per heavy atom. The van der Waals surface area contributed by atoms with Crippen molar-refractivity contribution in [1.82, 2.24) is 10.2 Å². The van der Waals surface area contributed by atoms with Crippen molar-refractivity contribution >= 4 is 5.91 Å². The smallest absolute Gasteiger partial charge is 0.223 e. The van der Waals surface area contributed by atoms with E-state index in [1.165, 1.54) is 5.56 Å². The third kappa shape index (κ3) is 5.02. The van der Waals surface area contributed by atoms with E-state index in [1.807, 2.05) is 32.9 Å². The highest BCUT2D eigenvalue weighted by Gasteiger charge is 2.27. The SMILES string of the molecule is COc1cccc(CN2CCC(C(=O)NC(C)(C)C)CC2)c1. The number of nitrogens with zero attached hydrogens (tertiary/aromatic N) is 1. The molecule has 22 heavy (non-hydrogen) atoms. The summed E-state index contributed by atoms with van der Waals surface area (Å²) in [6.45, 7) is 8.96. The normalized spacial score (nSPS) is 17.3. The number of methoxy groups -OCH3 is 1. The number of likely N-dealkylation sites (tertiary alicyclic amines) is 1. The van der Waals surface area contributed by atoms with Gasteiger partial charge in [0.2, 0.25) is 5.91 Å². The molecular weight excluding hydrogens is 276 g/mol. The quantitative estimate of drug-likeness (QED) is 0.930. The van der Waals surface area contributed by atoms with E-state index in [0.717, 1.165) is 38.2 Å². The summed E-state index contributed by atoms with van der Waals surface area (Å²) >= 11 is 0. The first-order valence-corrected chi connectivity index (χ1v) is 8.05. The lowest BCUT2D eigenvalue weighted by atomic mass is 9.94.